The Morgan fingerprint density at radius 3 is 2.45 bits per heavy atom. The number of likely N-dealkylation sites (N-methyl/N-ethyl adjacent to an activating group) is 1. The maximum absolute atomic E-state index is 12.0. The van der Waals surface area contributed by atoms with E-state index >= 15 is 0 Å². The van der Waals surface area contributed by atoms with Gasteiger partial charge in [0.25, 0.3) is 5.69 Å². The lowest BCUT2D eigenvalue weighted by Crippen LogP contribution is -2.33. The largest absolute Gasteiger partial charge is 0.342 e. The van der Waals surface area contributed by atoms with Gasteiger partial charge in [-0.3, -0.25) is 14.9 Å². The summed E-state index contributed by atoms with van der Waals surface area (Å²) in [5.74, 6) is 0.410. The molecular weight excluding hydrogens is 286 g/mol. The van der Waals surface area contributed by atoms with Gasteiger partial charge in [-0.1, -0.05) is 0 Å². The highest BCUT2D eigenvalue weighted by Crippen LogP contribution is 2.18. The topological polar surface area (TPSA) is 94.2 Å². The molecule has 2 rings (SSSR count). The molecule has 0 unspecified atom stereocenters. The van der Waals surface area contributed by atoms with Crippen LogP contribution in [0.3, 0.4) is 0 Å². The first-order valence-electron chi connectivity index (χ1n) is 6.97. The second-order valence-electron chi connectivity index (χ2n) is 4.64. The molecule has 0 aliphatic carbocycles. The Hall–Kier alpha value is -2.77. The van der Waals surface area contributed by atoms with Gasteiger partial charge in [-0.15, -0.1) is 0 Å². The molecule has 0 atom stereocenters. The Morgan fingerprint density at radius 2 is 1.91 bits per heavy atom. The van der Waals surface area contributed by atoms with Gasteiger partial charge in [0.05, 0.1) is 4.92 Å². The molecule has 0 aliphatic rings. The first-order chi connectivity index (χ1) is 10.5. The van der Waals surface area contributed by atoms with Crippen LogP contribution in [-0.4, -0.2) is 43.6 Å². The lowest BCUT2D eigenvalue weighted by molar-refractivity contribution is -0.384. The minimum absolute atomic E-state index is 0.0138. The first kappa shape index (κ1) is 15.6. The quantitative estimate of drug-likeness (QED) is 0.598. The van der Waals surface area contributed by atoms with E-state index in [1.54, 1.807) is 17.0 Å². The zero-order chi connectivity index (χ0) is 16.1. The van der Waals surface area contributed by atoms with Gasteiger partial charge in [0, 0.05) is 30.8 Å². The van der Waals surface area contributed by atoms with Crippen LogP contribution in [0.4, 0.5) is 5.69 Å². The number of rotatable bonds is 6. The molecule has 8 nitrogen and oxygen atoms in total. The molecule has 8 heteroatoms. The summed E-state index contributed by atoms with van der Waals surface area (Å²) in [5.41, 5.74) is 0.680. The third-order valence-electron chi connectivity index (χ3n) is 3.29. The molecular formula is C14H17N5O3. The van der Waals surface area contributed by atoms with Crippen LogP contribution in [0.15, 0.2) is 30.6 Å². The van der Waals surface area contributed by atoms with E-state index in [2.05, 4.69) is 10.1 Å². The normalized spacial score (nSPS) is 10.5. The van der Waals surface area contributed by atoms with Crippen molar-refractivity contribution in [3.8, 4) is 11.4 Å². The lowest BCUT2D eigenvalue weighted by atomic mass is 10.2. The third kappa shape index (κ3) is 3.46. The molecule has 1 aromatic carbocycles. The van der Waals surface area contributed by atoms with Crippen LogP contribution in [0.1, 0.15) is 13.8 Å². The van der Waals surface area contributed by atoms with E-state index in [9.17, 15) is 14.9 Å². The maximum Gasteiger partial charge on any atom is 0.269 e. The predicted molar refractivity (Wildman–Crippen MR) is 80.0 cm³/mol. The van der Waals surface area contributed by atoms with Crippen LogP contribution in [0.25, 0.3) is 11.4 Å². The standard InChI is InChI=1S/C14H17N5O3/c1-3-17(4-2)13(20)9-18-10-15-14(16-18)11-5-7-12(8-6-11)19(21)22/h5-8,10H,3-4,9H2,1-2H3. The van der Waals surface area contributed by atoms with Gasteiger partial charge in [-0.25, -0.2) is 9.67 Å². The molecule has 1 amide bonds. The molecule has 1 aromatic heterocycles. The van der Waals surface area contributed by atoms with Gasteiger partial charge in [-0.05, 0) is 26.0 Å². The highest BCUT2D eigenvalue weighted by Gasteiger charge is 2.13. The fraction of sp³-hybridized carbons (Fsp3) is 0.357. The fourth-order valence-electron chi connectivity index (χ4n) is 2.05. The maximum atomic E-state index is 12.0. The number of carbonyl (C=O) groups excluding carboxylic acids is 1. The van der Waals surface area contributed by atoms with E-state index in [1.165, 1.54) is 23.1 Å². The molecule has 0 fully saturated rings. The first-order valence-corrected chi connectivity index (χ1v) is 6.97. The van der Waals surface area contributed by atoms with Crippen LogP contribution < -0.4 is 0 Å². The summed E-state index contributed by atoms with van der Waals surface area (Å²) in [6, 6.07) is 5.97. The molecule has 0 N–H and O–H groups in total. The Labute approximate surface area is 127 Å². The molecule has 0 bridgehead atoms. The van der Waals surface area contributed by atoms with Gasteiger partial charge in [0.2, 0.25) is 5.91 Å². The zero-order valence-electron chi connectivity index (χ0n) is 12.5. The van der Waals surface area contributed by atoms with Crippen molar-refractivity contribution in [3.05, 3.63) is 40.7 Å². The van der Waals surface area contributed by atoms with E-state index in [0.29, 0.717) is 24.5 Å². The molecule has 0 saturated heterocycles. The van der Waals surface area contributed by atoms with Gasteiger partial charge in [0.1, 0.15) is 12.9 Å². The Bertz CT molecular complexity index is 661. The van der Waals surface area contributed by atoms with Crippen molar-refractivity contribution in [2.24, 2.45) is 0 Å². The number of non-ortho nitro benzene ring substituents is 1. The number of nitrogens with zero attached hydrogens (tertiary/aromatic N) is 5. The van der Waals surface area contributed by atoms with Crippen LogP contribution in [0.5, 0.6) is 0 Å². The molecule has 0 aliphatic heterocycles. The summed E-state index contributed by atoms with van der Waals surface area (Å²) < 4.78 is 1.47. The number of nitro groups is 1. The van der Waals surface area contributed by atoms with E-state index in [4.69, 9.17) is 0 Å². The van der Waals surface area contributed by atoms with Crippen molar-refractivity contribution in [1.29, 1.82) is 0 Å². The van der Waals surface area contributed by atoms with Crippen molar-refractivity contribution in [2.75, 3.05) is 13.1 Å². The Morgan fingerprint density at radius 1 is 1.27 bits per heavy atom. The van der Waals surface area contributed by atoms with Crippen molar-refractivity contribution in [2.45, 2.75) is 20.4 Å². The van der Waals surface area contributed by atoms with Gasteiger partial charge in [0.15, 0.2) is 5.82 Å². The van der Waals surface area contributed by atoms with E-state index in [0.717, 1.165) is 0 Å². The van der Waals surface area contributed by atoms with Crippen molar-refractivity contribution < 1.29 is 9.72 Å². The predicted octanol–water partition coefficient (Wildman–Crippen LogP) is 1.72. The molecule has 2 aromatic rings. The number of aromatic nitrogens is 3. The highest BCUT2D eigenvalue weighted by atomic mass is 16.6. The van der Waals surface area contributed by atoms with E-state index in [-0.39, 0.29) is 18.1 Å². The van der Waals surface area contributed by atoms with E-state index in [1.807, 2.05) is 13.8 Å². The summed E-state index contributed by atoms with van der Waals surface area (Å²) in [6.45, 7) is 5.27. The molecule has 0 spiro atoms. The smallest absolute Gasteiger partial charge is 0.269 e. The summed E-state index contributed by atoms with van der Waals surface area (Å²) in [6.07, 6.45) is 1.48. The summed E-state index contributed by atoms with van der Waals surface area (Å²) in [7, 11) is 0. The highest BCUT2D eigenvalue weighted by molar-refractivity contribution is 5.75. The Kier molecular flexibility index (Phi) is 4.82. The molecule has 0 radical (unpaired) electrons. The summed E-state index contributed by atoms with van der Waals surface area (Å²) in [5, 5.41) is 14.9. The number of benzene rings is 1. The van der Waals surface area contributed by atoms with Crippen LogP contribution in [0.2, 0.25) is 0 Å². The Balaban J connectivity index is 2.11. The average molecular weight is 303 g/mol. The lowest BCUT2D eigenvalue weighted by Gasteiger charge is -2.18. The van der Waals surface area contributed by atoms with Crippen LogP contribution >= 0.6 is 0 Å². The van der Waals surface area contributed by atoms with Crippen LogP contribution in [0, 0.1) is 10.1 Å². The van der Waals surface area contributed by atoms with Crippen LogP contribution in [-0.2, 0) is 11.3 Å². The van der Waals surface area contributed by atoms with Gasteiger partial charge >= 0.3 is 0 Å². The number of amides is 1. The SMILES string of the molecule is CCN(CC)C(=O)Cn1cnc(-c2ccc([N+](=O)[O-])cc2)n1. The van der Waals surface area contributed by atoms with Gasteiger partial charge < -0.3 is 4.90 Å². The fourth-order valence-corrected chi connectivity index (χ4v) is 2.05. The second-order valence-corrected chi connectivity index (χ2v) is 4.64. The van der Waals surface area contributed by atoms with Crippen molar-refractivity contribution >= 4 is 11.6 Å². The van der Waals surface area contributed by atoms with Gasteiger partial charge in [-0.2, -0.15) is 5.10 Å². The molecule has 0 saturated carbocycles. The van der Waals surface area contributed by atoms with Crippen molar-refractivity contribution in [1.82, 2.24) is 19.7 Å². The zero-order valence-corrected chi connectivity index (χ0v) is 12.5. The number of nitro benzene ring substituents is 1. The van der Waals surface area contributed by atoms with Crippen molar-refractivity contribution in [3.63, 3.8) is 0 Å². The summed E-state index contributed by atoms with van der Waals surface area (Å²) >= 11 is 0. The third-order valence-corrected chi connectivity index (χ3v) is 3.29. The average Bonchev–Trinajstić information content (AvgIpc) is 2.97. The number of hydrogen-bond acceptors (Lipinski definition) is 5. The molecule has 116 valence electrons. The minimum atomic E-state index is -0.460. The minimum Gasteiger partial charge on any atom is -0.342 e. The molecule has 22 heavy (non-hydrogen) atoms. The monoisotopic (exact) mass is 303 g/mol. The number of carbonyl (C=O) groups is 1. The molecule has 1 heterocycles. The number of hydrogen-bond donors (Lipinski definition) is 0. The summed E-state index contributed by atoms with van der Waals surface area (Å²) in [4.78, 5) is 28.0. The second kappa shape index (κ2) is 6.79. The van der Waals surface area contributed by atoms with E-state index < -0.39 is 4.92 Å².